The lowest BCUT2D eigenvalue weighted by Gasteiger charge is -2.04. The van der Waals surface area contributed by atoms with Gasteiger partial charge in [0.2, 0.25) is 0 Å². The van der Waals surface area contributed by atoms with Gasteiger partial charge in [0.25, 0.3) is 0 Å². The van der Waals surface area contributed by atoms with E-state index < -0.39 is 0 Å². The van der Waals surface area contributed by atoms with Crippen LogP contribution >= 0.6 is 11.6 Å². The van der Waals surface area contributed by atoms with Crippen molar-refractivity contribution in [2.45, 2.75) is 6.54 Å². The summed E-state index contributed by atoms with van der Waals surface area (Å²) in [6.07, 6.45) is 3.59. The van der Waals surface area contributed by atoms with E-state index >= 15 is 0 Å². The van der Waals surface area contributed by atoms with Crippen LogP contribution in [0.4, 0.5) is 0 Å². The van der Waals surface area contributed by atoms with E-state index in [9.17, 15) is 0 Å². The minimum atomic E-state index is 0.573. The summed E-state index contributed by atoms with van der Waals surface area (Å²) in [6, 6.07) is 9.18. The van der Waals surface area contributed by atoms with Gasteiger partial charge in [-0.25, -0.2) is 0 Å². The van der Waals surface area contributed by atoms with E-state index in [1.165, 1.54) is 0 Å². The van der Waals surface area contributed by atoms with Crippen molar-refractivity contribution in [1.29, 1.82) is 5.26 Å². The minimum Gasteiger partial charge on any atom is -0.268 e. The predicted molar refractivity (Wildman–Crippen MR) is 57.5 cm³/mol. The normalized spacial score (nSPS) is 9.87. The minimum absolute atomic E-state index is 0.573. The summed E-state index contributed by atoms with van der Waals surface area (Å²) in [6.45, 7) is 0.623. The van der Waals surface area contributed by atoms with Gasteiger partial charge in [-0.2, -0.15) is 10.4 Å². The highest BCUT2D eigenvalue weighted by Crippen LogP contribution is 2.18. The summed E-state index contributed by atoms with van der Waals surface area (Å²) in [4.78, 5) is 0. The van der Waals surface area contributed by atoms with Gasteiger partial charge in [-0.1, -0.05) is 17.7 Å². The Morgan fingerprint density at radius 1 is 1.47 bits per heavy atom. The van der Waals surface area contributed by atoms with Crippen LogP contribution in [0.3, 0.4) is 0 Å². The summed E-state index contributed by atoms with van der Waals surface area (Å²) < 4.78 is 1.78. The van der Waals surface area contributed by atoms with Crippen LogP contribution in [0.1, 0.15) is 11.1 Å². The molecule has 0 bridgehead atoms. The lowest BCUT2D eigenvalue weighted by molar-refractivity contribution is 0.687. The fraction of sp³-hybridized carbons (Fsp3) is 0.0909. The number of nitriles is 1. The van der Waals surface area contributed by atoms with Crippen molar-refractivity contribution < 1.29 is 0 Å². The Morgan fingerprint density at radius 2 is 2.33 bits per heavy atom. The van der Waals surface area contributed by atoms with Crippen LogP contribution in [0, 0.1) is 11.3 Å². The fourth-order valence-electron chi connectivity index (χ4n) is 1.31. The van der Waals surface area contributed by atoms with Crippen LogP contribution in [0.15, 0.2) is 36.7 Å². The summed E-state index contributed by atoms with van der Waals surface area (Å²) in [7, 11) is 0. The largest absolute Gasteiger partial charge is 0.268 e. The Morgan fingerprint density at radius 3 is 2.93 bits per heavy atom. The number of rotatable bonds is 2. The van der Waals surface area contributed by atoms with E-state index in [0.29, 0.717) is 17.1 Å². The van der Waals surface area contributed by atoms with Gasteiger partial charge in [-0.05, 0) is 23.8 Å². The predicted octanol–water partition coefficient (Wildman–Crippen LogP) is 2.46. The molecule has 1 heterocycles. The number of hydrogen-bond donors (Lipinski definition) is 0. The van der Waals surface area contributed by atoms with Crippen LogP contribution in [0.5, 0.6) is 0 Å². The highest BCUT2D eigenvalue weighted by atomic mass is 35.5. The van der Waals surface area contributed by atoms with Crippen molar-refractivity contribution in [3.8, 4) is 6.07 Å². The van der Waals surface area contributed by atoms with Gasteiger partial charge in [-0.15, -0.1) is 0 Å². The number of hydrogen-bond acceptors (Lipinski definition) is 2. The van der Waals surface area contributed by atoms with E-state index in [-0.39, 0.29) is 0 Å². The van der Waals surface area contributed by atoms with Crippen LogP contribution < -0.4 is 0 Å². The third-order valence-electron chi connectivity index (χ3n) is 2.07. The van der Waals surface area contributed by atoms with E-state index in [0.717, 1.165) is 5.56 Å². The molecule has 4 heteroatoms. The molecule has 0 amide bonds. The first-order valence-corrected chi connectivity index (χ1v) is 4.83. The number of nitrogens with zero attached hydrogens (tertiary/aromatic N) is 3. The molecular weight excluding hydrogens is 210 g/mol. The fourth-order valence-corrected chi connectivity index (χ4v) is 1.55. The molecule has 0 N–H and O–H groups in total. The van der Waals surface area contributed by atoms with E-state index in [2.05, 4.69) is 5.10 Å². The molecule has 0 aliphatic rings. The number of halogens is 1. The Balaban J connectivity index is 2.27. The van der Waals surface area contributed by atoms with E-state index in [4.69, 9.17) is 16.9 Å². The van der Waals surface area contributed by atoms with Crippen LogP contribution in [-0.4, -0.2) is 9.78 Å². The van der Waals surface area contributed by atoms with Crippen molar-refractivity contribution in [1.82, 2.24) is 9.78 Å². The van der Waals surface area contributed by atoms with E-state index in [1.807, 2.05) is 24.4 Å². The Hall–Kier alpha value is -1.79. The molecule has 0 saturated heterocycles. The Kier molecular flexibility index (Phi) is 2.70. The average Bonchev–Trinajstić information content (AvgIpc) is 2.74. The third-order valence-corrected chi connectivity index (χ3v) is 2.43. The maximum Gasteiger partial charge on any atom is 0.0992 e. The molecule has 1 aromatic heterocycles. The maximum absolute atomic E-state index is 8.68. The second kappa shape index (κ2) is 4.16. The summed E-state index contributed by atoms with van der Waals surface area (Å²) >= 11 is 6.03. The maximum atomic E-state index is 8.68. The molecule has 0 aliphatic heterocycles. The van der Waals surface area contributed by atoms with Crippen molar-refractivity contribution >= 4 is 11.6 Å². The third kappa shape index (κ3) is 2.17. The molecule has 0 spiro atoms. The van der Waals surface area contributed by atoms with Crippen LogP contribution in [0.2, 0.25) is 5.02 Å². The Bertz CT molecular complexity index is 497. The van der Waals surface area contributed by atoms with Gasteiger partial charge < -0.3 is 0 Å². The lowest BCUT2D eigenvalue weighted by atomic mass is 10.1. The highest BCUT2D eigenvalue weighted by molar-refractivity contribution is 6.31. The average molecular weight is 218 g/mol. The first-order chi connectivity index (χ1) is 7.29. The van der Waals surface area contributed by atoms with Crippen molar-refractivity contribution in [2.24, 2.45) is 0 Å². The first kappa shape index (κ1) is 9.75. The molecule has 1 aromatic carbocycles. The molecule has 0 unspecified atom stereocenters. The summed E-state index contributed by atoms with van der Waals surface area (Å²) in [5, 5.41) is 13.4. The zero-order valence-electron chi connectivity index (χ0n) is 7.89. The van der Waals surface area contributed by atoms with Crippen LogP contribution in [0.25, 0.3) is 0 Å². The topological polar surface area (TPSA) is 41.6 Å². The summed E-state index contributed by atoms with van der Waals surface area (Å²) in [5.41, 5.74) is 1.53. The molecule has 2 aromatic rings. The second-order valence-corrected chi connectivity index (χ2v) is 3.53. The molecule has 0 fully saturated rings. The lowest BCUT2D eigenvalue weighted by Crippen LogP contribution is -2.00. The smallest absolute Gasteiger partial charge is 0.0992 e. The van der Waals surface area contributed by atoms with Gasteiger partial charge in [0, 0.05) is 17.4 Å². The van der Waals surface area contributed by atoms with E-state index in [1.54, 1.807) is 23.0 Å². The number of aromatic nitrogens is 2. The molecule has 0 atom stereocenters. The molecule has 3 nitrogen and oxygen atoms in total. The van der Waals surface area contributed by atoms with Crippen molar-refractivity contribution in [3.63, 3.8) is 0 Å². The molecule has 0 saturated carbocycles. The van der Waals surface area contributed by atoms with Crippen molar-refractivity contribution in [3.05, 3.63) is 52.8 Å². The summed E-state index contributed by atoms with van der Waals surface area (Å²) in [5.74, 6) is 0. The molecule has 0 aliphatic carbocycles. The second-order valence-electron chi connectivity index (χ2n) is 3.12. The molecular formula is C11H8ClN3. The van der Waals surface area contributed by atoms with Gasteiger partial charge in [0.1, 0.15) is 0 Å². The van der Waals surface area contributed by atoms with Gasteiger partial charge in [0.05, 0.1) is 18.2 Å². The SMILES string of the molecule is N#Cc1ccc(Cn2cccn2)c(Cl)c1. The zero-order chi connectivity index (χ0) is 10.7. The Labute approximate surface area is 92.5 Å². The molecule has 74 valence electrons. The standard InChI is InChI=1S/C11H8ClN3/c12-11-6-9(7-13)2-3-10(11)8-15-5-1-4-14-15/h1-6H,8H2. The van der Waals surface area contributed by atoms with Crippen LogP contribution in [-0.2, 0) is 6.54 Å². The zero-order valence-corrected chi connectivity index (χ0v) is 8.65. The van der Waals surface area contributed by atoms with Gasteiger partial charge in [0.15, 0.2) is 0 Å². The van der Waals surface area contributed by atoms with Gasteiger partial charge in [-0.3, -0.25) is 4.68 Å². The van der Waals surface area contributed by atoms with Gasteiger partial charge >= 0.3 is 0 Å². The first-order valence-electron chi connectivity index (χ1n) is 4.45. The molecule has 2 rings (SSSR count). The monoisotopic (exact) mass is 217 g/mol. The molecule has 15 heavy (non-hydrogen) atoms. The highest BCUT2D eigenvalue weighted by Gasteiger charge is 2.02. The number of benzene rings is 1. The van der Waals surface area contributed by atoms with Crippen molar-refractivity contribution in [2.75, 3.05) is 0 Å². The molecule has 0 radical (unpaired) electrons. The quantitative estimate of drug-likeness (QED) is 0.776.